The third-order valence-corrected chi connectivity index (χ3v) is 5.68. The largest absolute Gasteiger partial charge is 0.390 e. The fraction of sp³-hybridized carbons (Fsp3) is 0.500. The standard InChI is InChI=1S/C20H26FN5O2/c21-16-2-4-17(5-3-16)24-7-1-8-25(11-10-24)18-12-26(13-19(18)27)20(28)14-23-9-6-22-15-23/h2-6,9,15,18-19,27H,1,7-8,10-14H2/t18-,19-/m0/s1. The summed E-state index contributed by atoms with van der Waals surface area (Å²) in [6.07, 6.45) is 5.47. The molecule has 0 bridgehead atoms. The molecule has 1 aromatic carbocycles. The SMILES string of the molecule is O=C(Cn1ccnc1)N1C[C@H](O)[C@@H](N2CCCN(c3ccc(F)cc3)CC2)C1. The number of hydrogen-bond acceptors (Lipinski definition) is 5. The molecule has 3 heterocycles. The third-order valence-electron chi connectivity index (χ3n) is 5.68. The quantitative estimate of drug-likeness (QED) is 0.841. The molecule has 2 atom stereocenters. The average molecular weight is 387 g/mol. The summed E-state index contributed by atoms with van der Waals surface area (Å²) in [5.41, 5.74) is 1.02. The van der Waals surface area contributed by atoms with Crippen molar-refractivity contribution >= 4 is 11.6 Å². The smallest absolute Gasteiger partial charge is 0.242 e. The first-order valence-electron chi connectivity index (χ1n) is 9.76. The van der Waals surface area contributed by atoms with Crippen molar-refractivity contribution in [3.63, 3.8) is 0 Å². The maximum absolute atomic E-state index is 13.2. The highest BCUT2D eigenvalue weighted by Crippen LogP contribution is 2.21. The first-order chi connectivity index (χ1) is 13.6. The van der Waals surface area contributed by atoms with Crippen LogP contribution in [0.1, 0.15) is 6.42 Å². The Bertz CT molecular complexity index is 782. The molecule has 150 valence electrons. The van der Waals surface area contributed by atoms with Crippen LogP contribution in [0.5, 0.6) is 0 Å². The van der Waals surface area contributed by atoms with Crippen molar-refractivity contribution < 1.29 is 14.3 Å². The average Bonchev–Trinajstić information content (AvgIpc) is 3.26. The van der Waals surface area contributed by atoms with Gasteiger partial charge < -0.3 is 19.5 Å². The van der Waals surface area contributed by atoms with Crippen LogP contribution < -0.4 is 4.90 Å². The Balaban J connectivity index is 1.35. The molecule has 1 N–H and O–H groups in total. The van der Waals surface area contributed by atoms with Crippen molar-refractivity contribution in [1.82, 2.24) is 19.4 Å². The van der Waals surface area contributed by atoms with Gasteiger partial charge in [0, 0.05) is 57.3 Å². The monoisotopic (exact) mass is 387 g/mol. The van der Waals surface area contributed by atoms with Gasteiger partial charge in [0.1, 0.15) is 12.4 Å². The predicted octanol–water partition coefficient (Wildman–Crippen LogP) is 0.806. The van der Waals surface area contributed by atoms with Gasteiger partial charge in [0.2, 0.25) is 5.91 Å². The Kier molecular flexibility index (Phi) is 5.59. The summed E-state index contributed by atoms with van der Waals surface area (Å²) in [6, 6.07) is 6.56. The van der Waals surface area contributed by atoms with Crippen molar-refractivity contribution in [2.45, 2.75) is 25.1 Å². The summed E-state index contributed by atoms with van der Waals surface area (Å²) in [6.45, 7) is 4.57. The van der Waals surface area contributed by atoms with E-state index in [9.17, 15) is 14.3 Å². The van der Waals surface area contributed by atoms with Gasteiger partial charge in [0.15, 0.2) is 0 Å². The van der Waals surface area contributed by atoms with Gasteiger partial charge in [0.25, 0.3) is 0 Å². The molecule has 0 radical (unpaired) electrons. The zero-order chi connectivity index (χ0) is 19.5. The minimum Gasteiger partial charge on any atom is -0.390 e. The number of nitrogens with zero attached hydrogens (tertiary/aromatic N) is 5. The van der Waals surface area contributed by atoms with Gasteiger partial charge >= 0.3 is 0 Å². The normalized spacial score (nSPS) is 23.8. The van der Waals surface area contributed by atoms with Crippen molar-refractivity contribution in [2.24, 2.45) is 0 Å². The number of aliphatic hydroxyl groups is 1. The number of β-amino-alcohol motifs (C(OH)–C–C–N with tert-alkyl or cyclic N) is 1. The second-order valence-electron chi connectivity index (χ2n) is 7.52. The molecule has 7 nitrogen and oxygen atoms in total. The first-order valence-corrected chi connectivity index (χ1v) is 9.76. The minimum absolute atomic E-state index is 0.00214. The zero-order valence-electron chi connectivity index (χ0n) is 15.8. The number of imidazole rings is 1. The van der Waals surface area contributed by atoms with Crippen LogP contribution in [0.3, 0.4) is 0 Å². The van der Waals surface area contributed by atoms with Gasteiger partial charge in [-0.05, 0) is 30.7 Å². The molecule has 1 aromatic heterocycles. The van der Waals surface area contributed by atoms with Crippen molar-refractivity contribution in [3.05, 3.63) is 48.8 Å². The summed E-state index contributed by atoms with van der Waals surface area (Å²) < 4.78 is 14.9. The number of halogens is 1. The van der Waals surface area contributed by atoms with E-state index in [1.165, 1.54) is 12.1 Å². The highest BCUT2D eigenvalue weighted by Gasteiger charge is 2.38. The molecule has 1 amide bonds. The van der Waals surface area contributed by atoms with Crippen LogP contribution in [-0.2, 0) is 11.3 Å². The van der Waals surface area contributed by atoms with Crippen molar-refractivity contribution in [2.75, 3.05) is 44.2 Å². The van der Waals surface area contributed by atoms with Crippen LogP contribution >= 0.6 is 0 Å². The van der Waals surface area contributed by atoms with Gasteiger partial charge in [-0.2, -0.15) is 0 Å². The van der Waals surface area contributed by atoms with E-state index in [-0.39, 0.29) is 24.3 Å². The number of amides is 1. The van der Waals surface area contributed by atoms with Crippen LogP contribution in [0.25, 0.3) is 0 Å². The molecule has 28 heavy (non-hydrogen) atoms. The fourth-order valence-corrected chi connectivity index (χ4v) is 4.15. The Morgan fingerprint density at radius 2 is 1.96 bits per heavy atom. The fourth-order valence-electron chi connectivity index (χ4n) is 4.15. The summed E-state index contributed by atoms with van der Waals surface area (Å²) >= 11 is 0. The van der Waals surface area contributed by atoms with E-state index in [0.29, 0.717) is 13.1 Å². The highest BCUT2D eigenvalue weighted by atomic mass is 19.1. The number of aliphatic hydroxyl groups excluding tert-OH is 1. The Labute approximate surface area is 164 Å². The minimum atomic E-state index is -0.538. The molecule has 8 heteroatoms. The lowest BCUT2D eigenvalue weighted by atomic mass is 10.2. The van der Waals surface area contributed by atoms with Gasteiger partial charge in [-0.15, -0.1) is 0 Å². The molecule has 4 rings (SSSR count). The van der Waals surface area contributed by atoms with Crippen LogP contribution in [0, 0.1) is 5.82 Å². The van der Waals surface area contributed by atoms with E-state index in [0.717, 1.165) is 38.3 Å². The van der Waals surface area contributed by atoms with Crippen LogP contribution in [0.2, 0.25) is 0 Å². The topological polar surface area (TPSA) is 64.8 Å². The Hall–Kier alpha value is -2.45. The number of likely N-dealkylation sites (tertiary alicyclic amines) is 1. The molecule has 2 aliphatic rings. The van der Waals surface area contributed by atoms with Gasteiger partial charge in [0.05, 0.1) is 18.5 Å². The lowest BCUT2D eigenvalue weighted by Gasteiger charge is -2.29. The number of carbonyl (C=O) groups is 1. The second-order valence-corrected chi connectivity index (χ2v) is 7.52. The summed E-state index contributed by atoms with van der Waals surface area (Å²) in [4.78, 5) is 22.8. The lowest BCUT2D eigenvalue weighted by Crippen LogP contribution is -2.45. The lowest BCUT2D eigenvalue weighted by molar-refractivity contribution is -0.131. The number of aromatic nitrogens is 2. The number of anilines is 1. The zero-order valence-corrected chi connectivity index (χ0v) is 15.8. The molecular formula is C20H26FN5O2. The molecule has 2 aliphatic heterocycles. The van der Waals surface area contributed by atoms with Crippen LogP contribution in [0.15, 0.2) is 43.0 Å². The molecule has 0 saturated carbocycles. The molecule has 2 saturated heterocycles. The molecule has 2 fully saturated rings. The maximum Gasteiger partial charge on any atom is 0.242 e. The second kappa shape index (κ2) is 8.28. The number of carbonyl (C=O) groups excluding carboxylic acids is 1. The highest BCUT2D eigenvalue weighted by molar-refractivity contribution is 5.76. The first kappa shape index (κ1) is 18.9. The maximum atomic E-state index is 13.2. The molecule has 0 aliphatic carbocycles. The summed E-state index contributed by atoms with van der Waals surface area (Å²) in [7, 11) is 0. The summed E-state index contributed by atoms with van der Waals surface area (Å²) in [5, 5.41) is 10.6. The third kappa shape index (κ3) is 4.18. The Morgan fingerprint density at radius 3 is 2.71 bits per heavy atom. The van der Waals surface area contributed by atoms with Crippen molar-refractivity contribution in [3.8, 4) is 0 Å². The number of benzene rings is 1. The van der Waals surface area contributed by atoms with Gasteiger partial charge in [-0.1, -0.05) is 0 Å². The molecule has 0 unspecified atom stereocenters. The van der Waals surface area contributed by atoms with E-state index in [4.69, 9.17) is 0 Å². The summed E-state index contributed by atoms with van der Waals surface area (Å²) in [5.74, 6) is -0.225. The predicted molar refractivity (Wildman–Crippen MR) is 103 cm³/mol. The van der Waals surface area contributed by atoms with Crippen LogP contribution in [0.4, 0.5) is 10.1 Å². The van der Waals surface area contributed by atoms with Gasteiger partial charge in [-0.3, -0.25) is 9.69 Å². The van der Waals surface area contributed by atoms with E-state index < -0.39 is 6.10 Å². The molecule has 0 spiro atoms. The van der Waals surface area contributed by atoms with Crippen LogP contribution in [-0.4, -0.2) is 81.8 Å². The van der Waals surface area contributed by atoms with E-state index in [1.54, 1.807) is 28.2 Å². The van der Waals surface area contributed by atoms with E-state index in [1.807, 2.05) is 12.1 Å². The van der Waals surface area contributed by atoms with Gasteiger partial charge in [-0.25, -0.2) is 9.37 Å². The van der Waals surface area contributed by atoms with E-state index in [2.05, 4.69) is 14.8 Å². The molecule has 2 aromatic rings. The number of hydrogen-bond donors (Lipinski definition) is 1. The van der Waals surface area contributed by atoms with Crippen molar-refractivity contribution in [1.29, 1.82) is 0 Å². The Morgan fingerprint density at radius 1 is 1.14 bits per heavy atom. The molecular weight excluding hydrogens is 361 g/mol. The number of rotatable bonds is 4. The van der Waals surface area contributed by atoms with E-state index >= 15 is 0 Å².